The Kier molecular flexibility index (Phi) is 6.68. The van der Waals surface area contributed by atoms with Gasteiger partial charge >= 0.3 is 0 Å². The predicted octanol–water partition coefficient (Wildman–Crippen LogP) is 4.38. The second kappa shape index (κ2) is 8.52. The molecule has 0 saturated carbocycles. The van der Waals surface area contributed by atoms with Gasteiger partial charge < -0.3 is 10.6 Å². The lowest BCUT2D eigenvalue weighted by molar-refractivity contribution is -0.115. The fourth-order valence-electron chi connectivity index (χ4n) is 1.64. The normalized spacial score (nSPS) is 12.2. The molecule has 0 saturated heterocycles. The lowest BCUT2D eigenvalue weighted by atomic mass is 10.2. The van der Waals surface area contributed by atoms with Crippen LogP contribution in [0.2, 0.25) is 5.02 Å². The molecule has 1 aromatic heterocycles. The van der Waals surface area contributed by atoms with E-state index in [4.69, 9.17) is 11.6 Å². The maximum Gasteiger partial charge on any atom is 0.237 e. The van der Waals surface area contributed by atoms with E-state index in [1.54, 1.807) is 24.3 Å². The number of thioether (sulfide) groups is 1. The first-order chi connectivity index (χ1) is 10.9. The summed E-state index contributed by atoms with van der Waals surface area (Å²) in [5.41, 5.74) is 0.687. The van der Waals surface area contributed by atoms with Crippen molar-refractivity contribution in [3.63, 3.8) is 0 Å². The maximum atomic E-state index is 12.2. The molecular weight excluding hydrogens is 352 g/mol. The molecule has 2 N–H and O–H groups in total. The molecule has 0 spiro atoms. The summed E-state index contributed by atoms with van der Waals surface area (Å²) in [4.78, 5) is 12.2. The van der Waals surface area contributed by atoms with Crippen molar-refractivity contribution in [2.75, 3.05) is 17.2 Å². The highest BCUT2D eigenvalue weighted by molar-refractivity contribution is 8.02. The highest BCUT2D eigenvalue weighted by atomic mass is 35.5. The molecule has 1 aromatic carbocycles. The minimum Gasteiger partial charge on any atom is -0.360 e. The van der Waals surface area contributed by atoms with Gasteiger partial charge in [0.2, 0.25) is 11.0 Å². The summed E-state index contributed by atoms with van der Waals surface area (Å²) < 4.78 is 0.769. The Hall–Kier alpha value is -1.31. The molecule has 1 amide bonds. The number of rotatable bonds is 7. The lowest BCUT2D eigenvalue weighted by Crippen LogP contribution is -2.22. The van der Waals surface area contributed by atoms with Crippen molar-refractivity contribution < 1.29 is 4.79 Å². The largest absolute Gasteiger partial charge is 0.360 e. The molecule has 5 nitrogen and oxygen atoms in total. The zero-order valence-corrected chi connectivity index (χ0v) is 15.6. The van der Waals surface area contributed by atoms with Crippen LogP contribution in [0.25, 0.3) is 0 Å². The van der Waals surface area contributed by atoms with Gasteiger partial charge in [0.15, 0.2) is 4.34 Å². The van der Waals surface area contributed by atoms with E-state index < -0.39 is 0 Å². The molecule has 124 valence electrons. The van der Waals surface area contributed by atoms with E-state index in [-0.39, 0.29) is 11.2 Å². The minimum absolute atomic E-state index is 0.0934. The molecule has 8 heteroatoms. The number of aromatic nitrogens is 2. The van der Waals surface area contributed by atoms with Crippen LogP contribution < -0.4 is 10.6 Å². The Morgan fingerprint density at radius 1 is 1.35 bits per heavy atom. The molecule has 0 aliphatic rings. The average molecular weight is 371 g/mol. The molecule has 0 aliphatic carbocycles. The van der Waals surface area contributed by atoms with Gasteiger partial charge in [-0.25, -0.2) is 0 Å². The summed E-state index contributed by atoms with van der Waals surface area (Å²) in [7, 11) is 0. The van der Waals surface area contributed by atoms with Gasteiger partial charge in [-0.05, 0) is 31.0 Å². The monoisotopic (exact) mass is 370 g/mol. The number of carbonyl (C=O) groups is 1. The third-order valence-electron chi connectivity index (χ3n) is 2.81. The summed E-state index contributed by atoms with van der Waals surface area (Å²) in [5.74, 6) is 0.446. The number of nitrogens with one attached hydrogen (secondary N) is 2. The first-order valence-corrected chi connectivity index (χ1v) is 9.32. The number of halogens is 1. The zero-order chi connectivity index (χ0) is 16.8. The van der Waals surface area contributed by atoms with Gasteiger partial charge in [0, 0.05) is 17.3 Å². The van der Waals surface area contributed by atoms with Crippen molar-refractivity contribution in [1.29, 1.82) is 0 Å². The quantitative estimate of drug-likeness (QED) is 0.708. The van der Waals surface area contributed by atoms with E-state index in [1.807, 2.05) is 6.92 Å². The zero-order valence-electron chi connectivity index (χ0n) is 13.2. The van der Waals surface area contributed by atoms with Gasteiger partial charge in [0.05, 0.1) is 5.25 Å². The minimum atomic E-state index is -0.278. The molecular formula is C15H19ClN4OS2. The van der Waals surface area contributed by atoms with Crippen molar-refractivity contribution in [1.82, 2.24) is 10.2 Å². The molecule has 0 unspecified atom stereocenters. The van der Waals surface area contributed by atoms with E-state index in [0.717, 1.165) is 16.0 Å². The van der Waals surface area contributed by atoms with E-state index in [1.165, 1.54) is 23.1 Å². The summed E-state index contributed by atoms with van der Waals surface area (Å²) in [6, 6.07) is 7.09. The molecule has 23 heavy (non-hydrogen) atoms. The molecule has 1 atom stereocenters. The Balaban J connectivity index is 1.88. The molecule has 2 rings (SSSR count). The number of benzene rings is 1. The topological polar surface area (TPSA) is 66.9 Å². The first kappa shape index (κ1) is 18.0. The number of amides is 1. The molecule has 0 bridgehead atoms. The van der Waals surface area contributed by atoms with Crippen LogP contribution in [-0.4, -0.2) is 27.9 Å². The summed E-state index contributed by atoms with van der Waals surface area (Å²) >= 11 is 8.76. The Morgan fingerprint density at radius 2 is 2.13 bits per heavy atom. The first-order valence-electron chi connectivity index (χ1n) is 7.24. The fraction of sp³-hybridized carbons (Fsp3) is 0.400. The van der Waals surface area contributed by atoms with Crippen LogP contribution in [-0.2, 0) is 4.79 Å². The van der Waals surface area contributed by atoms with Crippen LogP contribution in [0.15, 0.2) is 28.6 Å². The van der Waals surface area contributed by atoms with E-state index in [2.05, 4.69) is 34.7 Å². The molecule has 0 fully saturated rings. The number of hydrogen-bond acceptors (Lipinski definition) is 6. The van der Waals surface area contributed by atoms with Gasteiger partial charge in [-0.15, -0.1) is 10.2 Å². The third kappa shape index (κ3) is 6.01. The van der Waals surface area contributed by atoms with Crippen molar-refractivity contribution in [2.45, 2.75) is 30.4 Å². The van der Waals surface area contributed by atoms with Gasteiger partial charge in [-0.1, -0.05) is 54.6 Å². The van der Waals surface area contributed by atoms with Gasteiger partial charge in [0.25, 0.3) is 0 Å². The highest BCUT2D eigenvalue weighted by Crippen LogP contribution is 2.29. The standard InChI is InChI=1S/C15H19ClN4OS2/c1-9(2)8-17-14-19-20-15(23-14)22-10(3)13(21)18-12-6-4-5-11(16)7-12/h4-7,9-10H,8H2,1-3H3,(H,17,19)(H,18,21)/t10-/m0/s1. The number of anilines is 2. The molecule has 2 aromatic rings. The van der Waals surface area contributed by atoms with Crippen molar-refractivity contribution >= 4 is 51.4 Å². The lowest BCUT2D eigenvalue weighted by Gasteiger charge is -2.10. The van der Waals surface area contributed by atoms with Crippen molar-refractivity contribution in [3.8, 4) is 0 Å². The van der Waals surface area contributed by atoms with Crippen molar-refractivity contribution in [2.24, 2.45) is 5.92 Å². The van der Waals surface area contributed by atoms with Gasteiger partial charge in [-0.3, -0.25) is 4.79 Å². The third-order valence-corrected chi connectivity index (χ3v) is 5.11. The number of hydrogen-bond donors (Lipinski definition) is 2. The maximum absolute atomic E-state index is 12.2. The number of carbonyl (C=O) groups excluding carboxylic acids is 1. The van der Waals surface area contributed by atoms with E-state index >= 15 is 0 Å². The second-order valence-electron chi connectivity index (χ2n) is 5.41. The Morgan fingerprint density at radius 3 is 2.83 bits per heavy atom. The summed E-state index contributed by atoms with van der Waals surface area (Å²) in [6.45, 7) is 6.95. The summed E-state index contributed by atoms with van der Waals surface area (Å²) in [5, 5.41) is 15.4. The smallest absolute Gasteiger partial charge is 0.237 e. The van der Waals surface area contributed by atoms with Crippen molar-refractivity contribution in [3.05, 3.63) is 29.3 Å². The van der Waals surface area contributed by atoms with Gasteiger partial charge in [0.1, 0.15) is 0 Å². The SMILES string of the molecule is CC(C)CNc1nnc(S[C@@H](C)C(=O)Nc2cccc(Cl)c2)s1. The number of nitrogens with zero attached hydrogens (tertiary/aromatic N) is 2. The van der Waals surface area contributed by atoms with E-state index in [0.29, 0.717) is 16.6 Å². The molecule has 0 aliphatic heterocycles. The highest BCUT2D eigenvalue weighted by Gasteiger charge is 2.17. The van der Waals surface area contributed by atoms with Crippen LogP contribution in [0, 0.1) is 5.92 Å². The average Bonchev–Trinajstić information content (AvgIpc) is 2.92. The fourth-order valence-corrected chi connectivity index (χ4v) is 3.73. The van der Waals surface area contributed by atoms with Crippen LogP contribution in [0.5, 0.6) is 0 Å². The van der Waals surface area contributed by atoms with Crippen LogP contribution in [0.4, 0.5) is 10.8 Å². The van der Waals surface area contributed by atoms with E-state index in [9.17, 15) is 4.79 Å². The summed E-state index contributed by atoms with van der Waals surface area (Å²) in [6.07, 6.45) is 0. The van der Waals surface area contributed by atoms with Crippen LogP contribution in [0.3, 0.4) is 0 Å². The van der Waals surface area contributed by atoms with Gasteiger partial charge in [-0.2, -0.15) is 0 Å². The molecule has 0 radical (unpaired) electrons. The predicted molar refractivity (Wildman–Crippen MR) is 98.6 cm³/mol. The molecule has 1 heterocycles. The second-order valence-corrected chi connectivity index (χ2v) is 8.41. The van der Waals surface area contributed by atoms with Crippen LogP contribution >= 0.6 is 34.7 Å². The Labute approximate surface area is 149 Å². The van der Waals surface area contributed by atoms with Crippen LogP contribution in [0.1, 0.15) is 20.8 Å². The Bertz CT molecular complexity index is 662.